The molecule has 3 rings (SSSR count). The monoisotopic (exact) mass is 263 g/mol. The highest BCUT2D eigenvalue weighted by atomic mass is 15.2. The van der Waals surface area contributed by atoms with Gasteiger partial charge in [-0.3, -0.25) is 4.40 Å². The zero-order chi connectivity index (χ0) is 14.1. The van der Waals surface area contributed by atoms with E-state index in [2.05, 4.69) is 22.3 Å². The SMILES string of the molecule is CN(C)c1cccc(-c2nnc3ccc(C#N)cn23)c1. The molecular weight excluding hydrogens is 250 g/mol. The average molecular weight is 263 g/mol. The molecule has 0 saturated heterocycles. The van der Waals surface area contributed by atoms with Crippen molar-refractivity contribution in [1.82, 2.24) is 14.6 Å². The van der Waals surface area contributed by atoms with Crippen molar-refractivity contribution in [1.29, 1.82) is 5.26 Å². The summed E-state index contributed by atoms with van der Waals surface area (Å²) in [5, 5.41) is 17.4. The van der Waals surface area contributed by atoms with E-state index >= 15 is 0 Å². The number of pyridine rings is 1. The largest absolute Gasteiger partial charge is 0.378 e. The summed E-state index contributed by atoms with van der Waals surface area (Å²) >= 11 is 0. The molecule has 0 radical (unpaired) electrons. The molecule has 0 N–H and O–H groups in total. The number of benzene rings is 1. The molecule has 5 heteroatoms. The molecule has 3 aromatic rings. The van der Waals surface area contributed by atoms with E-state index < -0.39 is 0 Å². The van der Waals surface area contributed by atoms with Crippen LogP contribution in [-0.4, -0.2) is 28.7 Å². The van der Waals surface area contributed by atoms with Crippen LogP contribution in [-0.2, 0) is 0 Å². The van der Waals surface area contributed by atoms with Crippen molar-refractivity contribution < 1.29 is 0 Å². The number of nitrogens with zero attached hydrogens (tertiary/aromatic N) is 5. The van der Waals surface area contributed by atoms with E-state index in [1.807, 2.05) is 41.6 Å². The zero-order valence-electron chi connectivity index (χ0n) is 11.3. The number of nitriles is 1. The van der Waals surface area contributed by atoms with E-state index in [1.54, 1.807) is 18.3 Å². The van der Waals surface area contributed by atoms with Crippen molar-refractivity contribution >= 4 is 11.3 Å². The molecule has 0 amide bonds. The molecule has 0 atom stereocenters. The predicted molar refractivity (Wildman–Crippen MR) is 77.5 cm³/mol. The highest BCUT2D eigenvalue weighted by Gasteiger charge is 2.09. The molecule has 0 unspecified atom stereocenters. The number of hydrogen-bond donors (Lipinski definition) is 0. The first kappa shape index (κ1) is 12.2. The van der Waals surface area contributed by atoms with Gasteiger partial charge in [-0.15, -0.1) is 10.2 Å². The fourth-order valence-corrected chi connectivity index (χ4v) is 2.08. The molecule has 98 valence electrons. The van der Waals surface area contributed by atoms with Gasteiger partial charge in [0, 0.05) is 31.5 Å². The van der Waals surface area contributed by atoms with Gasteiger partial charge in [0.15, 0.2) is 11.5 Å². The number of hydrogen-bond acceptors (Lipinski definition) is 4. The second-order valence-corrected chi connectivity index (χ2v) is 4.73. The molecule has 5 nitrogen and oxygen atoms in total. The van der Waals surface area contributed by atoms with Crippen LogP contribution in [0.2, 0.25) is 0 Å². The van der Waals surface area contributed by atoms with E-state index in [0.717, 1.165) is 22.7 Å². The molecular formula is C15H13N5. The maximum Gasteiger partial charge on any atom is 0.168 e. The van der Waals surface area contributed by atoms with Gasteiger partial charge in [0.2, 0.25) is 0 Å². The summed E-state index contributed by atoms with van der Waals surface area (Å²) in [4.78, 5) is 2.04. The quantitative estimate of drug-likeness (QED) is 0.712. The van der Waals surface area contributed by atoms with Gasteiger partial charge in [-0.05, 0) is 24.3 Å². The summed E-state index contributed by atoms with van der Waals surface area (Å²) in [5.74, 6) is 0.737. The molecule has 0 aliphatic heterocycles. The highest BCUT2D eigenvalue weighted by Crippen LogP contribution is 2.23. The van der Waals surface area contributed by atoms with Crippen molar-refractivity contribution in [2.45, 2.75) is 0 Å². The van der Waals surface area contributed by atoms with Gasteiger partial charge in [-0.2, -0.15) is 5.26 Å². The summed E-state index contributed by atoms with van der Waals surface area (Å²) in [5.41, 5.74) is 3.38. The predicted octanol–water partition coefficient (Wildman–Crippen LogP) is 2.33. The summed E-state index contributed by atoms with van der Waals surface area (Å²) in [6.07, 6.45) is 1.76. The van der Waals surface area contributed by atoms with Crippen LogP contribution in [0.5, 0.6) is 0 Å². The van der Waals surface area contributed by atoms with Gasteiger partial charge in [-0.1, -0.05) is 12.1 Å². The van der Waals surface area contributed by atoms with Gasteiger partial charge in [0.05, 0.1) is 5.56 Å². The third-order valence-electron chi connectivity index (χ3n) is 3.15. The number of rotatable bonds is 2. The minimum absolute atomic E-state index is 0.585. The molecule has 2 aromatic heterocycles. The third kappa shape index (κ3) is 1.97. The lowest BCUT2D eigenvalue weighted by molar-refractivity contribution is 1.10. The van der Waals surface area contributed by atoms with Crippen LogP contribution in [0.15, 0.2) is 42.6 Å². The fraction of sp³-hybridized carbons (Fsp3) is 0.133. The summed E-state index contributed by atoms with van der Waals surface area (Å²) in [6.45, 7) is 0. The Morgan fingerprint density at radius 2 is 2.00 bits per heavy atom. The smallest absolute Gasteiger partial charge is 0.168 e. The lowest BCUT2D eigenvalue weighted by Gasteiger charge is -2.13. The third-order valence-corrected chi connectivity index (χ3v) is 3.15. The summed E-state index contributed by atoms with van der Waals surface area (Å²) < 4.78 is 1.84. The van der Waals surface area contributed by atoms with Crippen LogP contribution in [0.4, 0.5) is 5.69 Å². The number of aromatic nitrogens is 3. The second kappa shape index (κ2) is 4.67. The van der Waals surface area contributed by atoms with Crippen LogP contribution in [0.1, 0.15) is 5.56 Å². The molecule has 0 bridgehead atoms. The van der Waals surface area contributed by atoms with E-state index in [9.17, 15) is 0 Å². The minimum Gasteiger partial charge on any atom is -0.378 e. The molecule has 2 heterocycles. The maximum absolute atomic E-state index is 9.00. The standard InChI is InChI=1S/C15H13N5/c1-19(2)13-5-3-4-12(8-13)15-18-17-14-7-6-11(9-16)10-20(14)15/h3-8,10H,1-2H3. The van der Waals surface area contributed by atoms with Crippen molar-refractivity contribution in [3.63, 3.8) is 0 Å². The second-order valence-electron chi connectivity index (χ2n) is 4.73. The maximum atomic E-state index is 9.00. The summed E-state index contributed by atoms with van der Waals surface area (Å²) in [6, 6.07) is 13.7. The Balaban J connectivity index is 2.19. The molecule has 0 saturated carbocycles. The first-order chi connectivity index (χ1) is 9.69. The number of anilines is 1. The normalized spacial score (nSPS) is 10.4. The Kier molecular flexibility index (Phi) is 2.84. The van der Waals surface area contributed by atoms with Crippen molar-refractivity contribution in [2.75, 3.05) is 19.0 Å². The molecule has 0 aliphatic carbocycles. The van der Waals surface area contributed by atoms with E-state index in [0.29, 0.717) is 5.56 Å². The Morgan fingerprint density at radius 3 is 2.75 bits per heavy atom. The van der Waals surface area contributed by atoms with Gasteiger partial charge >= 0.3 is 0 Å². The minimum atomic E-state index is 0.585. The van der Waals surface area contributed by atoms with Crippen molar-refractivity contribution in [2.24, 2.45) is 0 Å². The van der Waals surface area contributed by atoms with Crippen LogP contribution in [0.25, 0.3) is 17.0 Å². The van der Waals surface area contributed by atoms with Gasteiger partial charge in [-0.25, -0.2) is 0 Å². The lowest BCUT2D eigenvalue weighted by atomic mass is 10.2. The van der Waals surface area contributed by atoms with Crippen LogP contribution in [0, 0.1) is 11.3 Å². The van der Waals surface area contributed by atoms with Crippen molar-refractivity contribution in [3.8, 4) is 17.5 Å². The topological polar surface area (TPSA) is 57.2 Å². The molecule has 0 aliphatic rings. The van der Waals surface area contributed by atoms with E-state index in [1.165, 1.54) is 0 Å². The van der Waals surface area contributed by atoms with Gasteiger partial charge in [0.1, 0.15) is 6.07 Å². The fourth-order valence-electron chi connectivity index (χ4n) is 2.08. The molecule has 0 fully saturated rings. The van der Waals surface area contributed by atoms with Gasteiger partial charge < -0.3 is 4.90 Å². The highest BCUT2D eigenvalue weighted by molar-refractivity contribution is 5.65. The molecule has 0 spiro atoms. The van der Waals surface area contributed by atoms with E-state index in [4.69, 9.17) is 5.26 Å². The van der Waals surface area contributed by atoms with Crippen LogP contribution in [0.3, 0.4) is 0 Å². The van der Waals surface area contributed by atoms with Crippen LogP contribution >= 0.6 is 0 Å². The van der Waals surface area contributed by atoms with E-state index in [-0.39, 0.29) is 0 Å². The Labute approximate surface area is 116 Å². The first-order valence-electron chi connectivity index (χ1n) is 6.21. The Hall–Kier alpha value is -2.87. The first-order valence-corrected chi connectivity index (χ1v) is 6.21. The van der Waals surface area contributed by atoms with Gasteiger partial charge in [0.25, 0.3) is 0 Å². The van der Waals surface area contributed by atoms with Crippen molar-refractivity contribution in [3.05, 3.63) is 48.2 Å². The average Bonchev–Trinajstić information content (AvgIpc) is 2.90. The summed E-state index contributed by atoms with van der Waals surface area (Å²) in [7, 11) is 3.99. The van der Waals surface area contributed by atoms with Crippen LogP contribution < -0.4 is 4.90 Å². The lowest BCUT2D eigenvalue weighted by Crippen LogP contribution is -2.08. The molecule has 20 heavy (non-hydrogen) atoms. The Morgan fingerprint density at radius 1 is 1.15 bits per heavy atom. The molecule has 1 aromatic carbocycles. The number of fused-ring (bicyclic) bond motifs is 1. The Bertz CT molecular complexity index is 810. The zero-order valence-corrected chi connectivity index (χ0v) is 11.3.